The van der Waals surface area contributed by atoms with Gasteiger partial charge >= 0.3 is 0 Å². The highest BCUT2D eigenvalue weighted by atomic mass is 19.1. The molecule has 0 aliphatic rings. The van der Waals surface area contributed by atoms with E-state index in [9.17, 15) is 14.0 Å². The van der Waals surface area contributed by atoms with Gasteiger partial charge < -0.3 is 20.1 Å². The van der Waals surface area contributed by atoms with Gasteiger partial charge in [0.15, 0.2) is 18.1 Å². The molecule has 0 atom stereocenters. The molecule has 2 N–H and O–H groups in total. The number of hydrogen-bond donors (Lipinski definition) is 2. The highest BCUT2D eigenvalue weighted by molar-refractivity contribution is 6.04. The van der Waals surface area contributed by atoms with E-state index in [4.69, 9.17) is 9.47 Å². The van der Waals surface area contributed by atoms with Gasteiger partial charge in [-0.25, -0.2) is 4.39 Å². The molecule has 0 heterocycles. The summed E-state index contributed by atoms with van der Waals surface area (Å²) < 4.78 is 23.8. The fourth-order valence-corrected chi connectivity index (χ4v) is 2.82. The van der Waals surface area contributed by atoms with Crippen LogP contribution in [0, 0.1) is 19.7 Å². The molecule has 0 saturated heterocycles. The Morgan fingerprint density at radius 2 is 1.55 bits per heavy atom. The summed E-state index contributed by atoms with van der Waals surface area (Å²) in [5.41, 5.74) is 3.77. The van der Waals surface area contributed by atoms with Crippen molar-refractivity contribution >= 4 is 23.2 Å². The van der Waals surface area contributed by atoms with Gasteiger partial charge in [-0.05, 0) is 79.6 Å². The lowest BCUT2D eigenvalue weighted by atomic mass is 10.1. The zero-order valence-electron chi connectivity index (χ0n) is 17.5. The zero-order valence-corrected chi connectivity index (χ0v) is 17.5. The van der Waals surface area contributed by atoms with Gasteiger partial charge in [0, 0.05) is 16.9 Å². The Hall–Kier alpha value is -3.87. The number of amides is 2. The van der Waals surface area contributed by atoms with E-state index in [0.29, 0.717) is 28.4 Å². The number of benzene rings is 3. The Bertz CT molecular complexity index is 1100. The van der Waals surface area contributed by atoms with Crippen LogP contribution < -0.4 is 20.1 Å². The van der Waals surface area contributed by atoms with Gasteiger partial charge in [0.25, 0.3) is 11.8 Å². The topological polar surface area (TPSA) is 76.7 Å². The minimum absolute atomic E-state index is 0.276. The number of aryl methyl sites for hydroxylation is 2. The van der Waals surface area contributed by atoms with Crippen LogP contribution in [0.4, 0.5) is 15.8 Å². The first-order valence-electron chi connectivity index (χ1n) is 9.60. The normalized spacial score (nSPS) is 10.3. The molecule has 0 unspecified atom stereocenters. The summed E-state index contributed by atoms with van der Waals surface area (Å²) in [6, 6.07) is 15.8. The number of carbonyl (C=O) groups excluding carboxylic acids is 2. The molecule has 0 fully saturated rings. The summed E-state index contributed by atoms with van der Waals surface area (Å²) in [6.45, 7) is 3.71. The van der Waals surface area contributed by atoms with Gasteiger partial charge in [-0.15, -0.1) is 0 Å². The van der Waals surface area contributed by atoms with Crippen molar-refractivity contribution in [1.82, 2.24) is 0 Å². The van der Waals surface area contributed by atoms with Gasteiger partial charge in [0.1, 0.15) is 5.82 Å². The maximum absolute atomic E-state index is 12.9. The van der Waals surface area contributed by atoms with Crippen LogP contribution in [0.3, 0.4) is 0 Å². The van der Waals surface area contributed by atoms with Crippen LogP contribution in [0.2, 0.25) is 0 Å². The number of carbonyl (C=O) groups is 2. The quantitative estimate of drug-likeness (QED) is 0.578. The Morgan fingerprint density at radius 3 is 2.23 bits per heavy atom. The number of nitrogens with one attached hydrogen (secondary N) is 2. The molecule has 0 bridgehead atoms. The molecule has 31 heavy (non-hydrogen) atoms. The van der Waals surface area contributed by atoms with Crippen LogP contribution in [-0.4, -0.2) is 25.5 Å². The first-order valence-corrected chi connectivity index (χ1v) is 9.60. The van der Waals surface area contributed by atoms with E-state index in [1.807, 2.05) is 32.0 Å². The van der Waals surface area contributed by atoms with Crippen molar-refractivity contribution in [3.05, 3.63) is 83.2 Å². The number of ether oxygens (including phenoxy) is 2. The molecule has 3 rings (SSSR count). The summed E-state index contributed by atoms with van der Waals surface area (Å²) in [7, 11) is 1.45. The summed E-state index contributed by atoms with van der Waals surface area (Å²) in [4.78, 5) is 24.7. The van der Waals surface area contributed by atoms with E-state index < -0.39 is 5.91 Å². The first-order chi connectivity index (χ1) is 14.9. The molecule has 3 aromatic rings. The predicted molar refractivity (Wildman–Crippen MR) is 117 cm³/mol. The van der Waals surface area contributed by atoms with Crippen molar-refractivity contribution in [2.24, 2.45) is 0 Å². The Balaban J connectivity index is 1.63. The van der Waals surface area contributed by atoms with E-state index in [-0.39, 0.29) is 18.3 Å². The van der Waals surface area contributed by atoms with Crippen molar-refractivity contribution in [2.75, 3.05) is 24.4 Å². The van der Waals surface area contributed by atoms with E-state index >= 15 is 0 Å². The van der Waals surface area contributed by atoms with Gasteiger partial charge in [-0.2, -0.15) is 0 Å². The SMILES string of the molecule is COc1cc(C(=O)Nc2ccc(C)c(C)c2)ccc1OCC(=O)Nc1ccc(F)cc1. The molecule has 0 aromatic heterocycles. The van der Waals surface area contributed by atoms with Crippen LogP contribution in [0.1, 0.15) is 21.5 Å². The van der Waals surface area contributed by atoms with Crippen LogP contribution in [-0.2, 0) is 4.79 Å². The average molecular weight is 422 g/mol. The first kappa shape index (κ1) is 21.8. The second-order valence-electron chi connectivity index (χ2n) is 6.96. The van der Waals surface area contributed by atoms with Gasteiger partial charge in [-0.3, -0.25) is 9.59 Å². The second-order valence-corrected chi connectivity index (χ2v) is 6.96. The fourth-order valence-electron chi connectivity index (χ4n) is 2.82. The van der Waals surface area contributed by atoms with Crippen LogP contribution in [0.5, 0.6) is 11.5 Å². The minimum atomic E-state index is -0.412. The smallest absolute Gasteiger partial charge is 0.262 e. The van der Waals surface area contributed by atoms with Gasteiger partial charge in [-0.1, -0.05) is 6.07 Å². The van der Waals surface area contributed by atoms with Crippen LogP contribution >= 0.6 is 0 Å². The van der Waals surface area contributed by atoms with Crippen LogP contribution in [0.25, 0.3) is 0 Å². The molecule has 2 amide bonds. The highest BCUT2D eigenvalue weighted by Crippen LogP contribution is 2.28. The van der Waals surface area contributed by atoms with Crippen molar-refractivity contribution in [2.45, 2.75) is 13.8 Å². The van der Waals surface area contributed by atoms with E-state index in [0.717, 1.165) is 11.1 Å². The van der Waals surface area contributed by atoms with Gasteiger partial charge in [0.2, 0.25) is 0 Å². The Morgan fingerprint density at radius 1 is 0.839 bits per heavy atom. The number of anilines is 2. The largest absolute Gasteiger partial charge is 0.493 e. The van der Waals surface area contributed by atoms with E-state index in [2.05, 4.69) is 10.6 Å². The molecule has 6 nitrogen and oxygen atoms in total. The molecule has 160 valence electrons. The molecule has 0 radical (unpaired) electrons. The molecule has 0 aliphatic carbocycles. The molecule has 7 heteroatoms. The highest BCUT2D eigenvalue weighted by Gasteiger charge is 2.13. The minimum Gasteiger partial charge on any atom is -0.493 e. The zero-order chi connectivity index (χ0) is 22.4. The monoisotopic (exact) mass is 422 g/mol. The summed E-state index contributed by atoms with van der Waals surface area (Å²) in [6.07, 6.45) is 0. The maximum Gasteiger partial charge on any atom is 0.262 e. The predicted octanol–water partition coefficient (Wildman–Crippen LogP) is 4.72. The number of hydrogen-bond acceptors (Lipinski definition) is 4. The van der Waals surface area contributed by atoms with Crippen molar-refractivity contribution < 1.29 is 23.5 Å². The summed E-state index contributed by atoms with van der Waals surface area (Å²) >= 11 is 0. The lowest BCUT2D eigenvalue weighted by Crippen LogP contribution is -2.20. The van der Waals surface area contributed by atoms with Crippen molar-refractivity contribution in [3.63, 3.8) is 0 Å². The third-order valence-corrected chi connectivity index (χ3v) is 4.68. The third kappa shape index (κ3) is 5.82. The molecular weight excluding hydrogens is 399 g/mol. The number of methoxy groups -OCH3 is 1. The summed E-state index contributed by atoms with van der Waals surface area (Å²) in [5.74, 6) is -0.449. The summed E-state index contributed by atoms with van der Waals surface area (Å²) in [5, 5.41) is 5.46. The molecule has 0 saturated carbocycles. The lowest BCUT2D eigenvalue weighted by Gasteiger charge is -2.13. The van der Waals surface area contributed by atoms with E-state index in [1.54, 1.807) is 18.2 Å². The van der Waals surface area contributed by atoms with Crippen molar-refractivity contribution in [3.8, 4) is 11.5 Å². The Kier molecular flexibility index (Phi) is 6.87. The Labute approximate surface area is 180 Å². The number of rotatable bonds is 7. The molecule has 0 aliphatic heterocycles. The van der Waals surface area contributed by atoms with E-state index in [1.165, 1.54) is 31.4 Å². The van der Waals surface area contributed by atoms with Crippen LogP contribution in [0.15, 0.2) is 60.7 Å². The molecular formula is C24H23FN2O4. The number of halogens is 1. The molecule has 3 aromatic carbocycles. The fraction of sp³-hybridized carbons (Fsp3) is 0.167. The van der Waals surface area contributed by atoms with Crippen molar-refractivity contribution in [1.29, 1.82) is 0 Å². The maximum atomic E-state index is 12.9. The average Bonchev–Trinajstić information content (AvgIpc) is 2.76. The van der Waals surface area contributed by atoms with Gasteiger partial charge in [0.05, 0.1) is 7.11 Å². The molecule has 0 spiro atoms. The lowest BCUT2D eigenvalue weighted by molar-refractivity contribution is -0.118. The second kappa shape index (κ2) is 9.75. The standard InChI is InChI=1S/C24H23FN2O4/c1-15-4-8-20(12-16(15)2)27-24(29)17-5-11-21(22(13-17)30-3)31-14-23(28)26-19-9-6-18(25)7-10-19/h4-13H,14H2,1-3H3,(H,26,28)(H,27,29). The third-order valence-electron chi connectivity index (χ3n) is 4.68.